The summed E-state index contributed by atoms with van der Waals surface area (Å²) in [7, 11) is -8.04. The molecule has 0 radical (unpaired) electrons. The van der Waals surface area contributed by atoms with Gasteiger partial charge in [0.15, 0.2) is 0 Å². The van der Waals surface area contributed by atoms with Gasteiger partial charge in [-0.3, -0.25) is 4.31 Å². The van der Waals surface area contributed by atoms with Gasteiger partial charge in [0, 0.05) is 10.5 Å². The summed E-state index contributed by atoms with van der Waals surface area (Å²) in [5.41, 5.74) is 2.60. The van der Waals surface area contributed by atoms with Crippen LogP contribution in [-0.4, -0.2) is 23.4 Å². The fraction of sp³-hybridized carbons (Fsp3) is 0.103. The Bertz CT molecular complexity index is 1680. The van der Waals surface area contributed by atoms with E-state index in [1.165, 1.54) is 16.4 Å². The van der Waals surface area contributed by atoms with E-state index < -0.39 is 20.0 Å². The van der Waals surface area contributed by atoms with Crippen LogP contribution in [0.25, 0.3) is 0 Å². The first-order valence-electron chi connectivity index (χ1n) is 11.6. The lowest BCUT2D eigenvalue weighted by atomic mass is 10.2. The van der Waals surface area contributed by atoms with Crippen LogP contribution in [0.2, 0.25) is 0 Å². The standard InChI is InChI=1S/C29H25BrN2O4S2/c1-23-9-17-28(18-10-23)37(33,34)31(26-7-4-3-5-8-26)21-6-22-32(27-15-13-25(30)14-16-27)38(35,36)29-19-11-24(2)12-20-29/h3-5,7-20H,22H2,1-2H3. The van der Waals surface area contributed by atoms with E-state index in [4.69, 9.17) is 0 Å². The van der Waals surface area contributed by atoms with Crippen molar-refractivity contribution in [3.8, 4) is 12.0 Å². The van der Waals surface area contributed by atoms with E-state index >= 15 is 0 Å². The quantitative estimate of drug-likeness (QED) is 0.187. The van der Waals surface area contributed by atoms with Gasteiger partial charge in [-0.2, -0.15) is 4.31 Å². The molecule has 0 saturated heterocycles. The molecule has 6 nitrogen and oxygen atoms in total. The van der Waals surface area contributed by atoms with Gasteiger partial charge in [-0.25, -0.2) is 16.8 Å². The number of hydrogen-bond acceptors (Lipinski definition) is 4. The maximum absolute atomic E-state index is 13.6. The second kappa shape index (κ2) is 11.4. The Kier molecular flexibility index (Phi) is 8.26. The predicted molar refractivity (Wildman–Crippen MR) is 155 cm³/mol. The molecule has 9 heteroatoms. The van der Waals surface area contributed by atoms with E-state index in [1.807, 2.05) is 13.8 Å². The minimum Gasteiger partial charge on any atom is -0.254 e. The first-order valence-corrected chi connectivity index (χ1v) is 15.3. The maximum Gasteiger partial charge on any atom is 0.275 e. The van der Waals surface area contributed by atoms with Crippen molar-refractivity contribution in [2.75, 3.05) is 15.2 Å². The summed E-state index contributed by atoms with van der Waals surface area (Å²) in [4.78, 5) is 0.193. The molecule has 0 aliphatic heterocycles. The van der Waals surface area contributed by atoms with Gasteiger partial charge < -0.3 is 0 Å². The minimum absolute atomic E-state index is 0.0818. The van der Waals surface area contributed by atoms with E-state index in [1.54, 1.807) is 91.0 Å². The molecule has 4 aromatic carbocycles. The zero-order valence-corrected chi connectivity index (χ0v) is 24.0. The molecule has 38 heavy (non-hydrogen) atoms. The van der Waals surface area contributed by atoms with Crippen LogP contribution < -0.4 is 8.61 Å². The number of hydrogen-bond donors (Lipinski definition) is 0. The maximum atomic E-state index is 13.6. The van der Waals surface area contributed by atoms with Gasteiger partial charge in [-0.05, 0) is 74.5 Å². The number of anilines is 2. The summed E-state index contributed by atoms with van der Waals surface area (Å²) in [6, 6.07) is 31.0. The Morgan fingerprint density at radius 2 is 1.13 bits per heavy atom. The molecule has 0 aliphatic carbocycles. The SMILES string of the molecule is Cc1ccc(S(=O)(=O)N(C#CCN(c2ccc(Br)cc2)S(=O)(=O)c2ccc(C)cc2)c2ccccc2)cc1. The molecule has 4 aromatic rings. The molecule has 0 N–H and O–H groups in total. The average Bonchev–Trinajstić information content (AvgIpc) is 2.90. The van der Waals surface area contributed by atoms with Crippen molar-refractivity contribution >= 4 is 47.4 Å². The van der Waals surface area contributed by atoms with Gasteiger partial charge in [0.1, 0.15) is 0 Å². The van der Waals surface area contributed by atoms with Crippen LogP contribution in [-0.2, 0) is 20.0 Å². The molecular weight excluding hydrogens is 584 g/mol. The lowest BCUT2D eigenvalue weighted by molar-refractivity contribution is 0.592. The van der Waals surface area contributed by atoms with Gasteiger partial charge in [0.25, 0.3) is 20.0 Å². The van der Waals surface area contributed by atoms with Crippen molar-refractivity contribution in [2.24, 2.45) is 0 Å². The Labute approximate surface area is 232 Å². The highest BCUT2D eigenvalue weighted by Crippen LogP contribution is 2.26. The zero-order chi connectivity index (χ0) is 27.3. The van der Waals surface area contributed by atoms with Crippen molar-refractivity contribution in [3.05, 3.63) is 119 Å². The van der Waals surface area contributed by atoms with E-state index in [0.717, 1.165) is 19.9 Å². The number of para-hydroxylation sites is 1. The Morgan fingerprint density at radius 1 is 0.632 bits per heavy atom. The van der Waals surface area contributed by atoms with E-state index in [2.05, 4.69) is 27.9 Å². The molecule has 0 aliphatic rings. The molecule has 0 aromatic heterocycles. The second-order valence-corrected chi connectivity index (χ2v) is 13.1. The van der Waals surface area contributed by atoms with Crippen molar-refractivity contribution < 1.29 is 16.8 Å². The van der Waals surface area contributed by atoms with Crippen molar-refractivity contribution in [1.82, 2.24) is 0 Å². The normalized spacial score (nSPS) is 11.3. The van der Waals surface area contributed by atoms with E-state index in [9.17, 15) is 16.8 Å². The van der Waals surface area contributed by atoms with Crippen LogP contribution in [0.1, 0.15) is 11.1 Å². The van der Waals surface area contributed by atoms with Gasteiger partial charge in [-0.1, -0.05) is 75.4 Å². The molecule has 0 unspecified atom stereocenters. The highest BCUT2D eigenvalue weighted by Gasteiger charge is 2.26. The van der Waals surface area contributed by atoms with Crippen LogP contribution >= 0.6 is 15.9 Å². The average molecular weight is 610 g/mol. The lowest BCUT2D eigenvalue weighted by Crippen LogP contribution is -2.32. The van der Waals surface area contributed by atoms with Crippen LogP contribution in [0, 0.1) is 25.8 Å². The number of halogens is 1. The van der Waals surface area contributed by atoms with Gasteiger partial charge in [0.05, 0.1) is 27.7 Å². The van der Waals surface area contributed by atoms with Gasteiger partial charge in [-0.15, -0.1) is 0 Å². The molecular formula is C29H25BrN2O4S2. The van der Waals surface area contributed by atoms with Crippen molar-refractivity contribution in [3.63, 3.8) is 0 Å². The van der Waals surface area contributed by atoms with Gasteiger partial charge in [0.2, 0.25) is 0 Å². The smallest absolute Gasteiger partial charge is 0.254 e. The monoisotopic (exact) mass is 608 g/mol. The van der Waals surface area contributed by atoms with E-state index in [0.29, 0.717) is 11.4 Å². The van der Waals surface area contributed by atoms with Crippen LogP contribution in [0.3, 0.4) is 0 Å². The third-order valence-electron chi connectivity index (χ3n) is 5.68. The highest BCUT2D eigenvalue weighted by molar-refractivity contribution is 9.10. The Morgan fingerprint density at radius 3 is 1.66 bits per heavy atom. The number of rotatable bonds is 7. The molecule has 0 spiro atoms. The summed E-state index contributed by atoms with van der Waals surface area (Å²) in [5, 5.41) is 0. The zero-order valence-electron chi connectivity index (χ0n) is 20.7. The largest absolute Gasteiger partial charge is 0.275 e. The molecule has 0 atom stereocenters. The first kappa shape index (κ1) is 27.5. The highest BCUT2D eigenvalue weighted by atomic mass is 79.9. The van der Waals surface area contributed by atoms with Crippen molar-refractivity contribution in [1.29, 1.82) is 0 Å². The molecule has 4 rings (SSSR count). The molecule has 0 heterocycles. The first-order chi connectivity index (χ1) is 18.1. The molecule has 0 bridgehead atoms. The second-order valence-electron chi connectivity index (χ2n) is 8.51. The van der Waals surface area contributed by atoms with Crippen LogP contribution in [0.15, 0.2) is 117 Å². The van der Waals surface area contributed by atoms with Gasteiger partial charge >= 0.3 is 0 Å². The number of benzene rings is 4. The van der Waals surface area contributed by atoms with Crippen molar-refractivity contribution in [2.45, 2.75) is 23.6 Å². The number of aryl methyl sites for hydroxylation is 2. The molecule has 0 fully saturated rings. The molecule has 0 saturated carbocycles. The fourth-order valence-corrected chi connectivity index (χ4v) is 6.49. The number of nitrogens with zero attached hydrogens (tertiary/aromatic N) is 2. The fourth-order valence-electron chi connectivity index (χ4n) is 3.58. The molecule has 194 valence electrons. The predicted octanol–water partition coefficient (Wildman–Crippen LogP) is 6.12. The summed E-state index contributed by atoms with van der Waals surface area (Å²) < 4.78 is 57.3. The summed E-state index contributed by atoms with van der Waals surface area (Å²) in [6.07, 6.45) is 0. The Hall–Kier alpha value is -3.58. The number of sulfonamides is 2. The van der Waals surface area contributed by atoms with Crippen LogP contribution in [0.4, 0.5) is 11.4 Å². The third-order valence-corrected chi connectivity index (χ3v) is 9.64. The van der Waals surface area contributed by atoms with E-state index in [-0.39, 0.29) is 16.3 Å². The summed E-state index contributed by atoms with van der Waals surface area (Å²) in [5.74, 6) is 2.80. The third kappa shape index (κ3) is 6.10. The molecule has 0 amide bonds. The minimum atomic E-state index is -4.05. The topological polar surface area (TPSA) is 74.8 Å². The Balaban J connectivity index is 1.77. The lowest BCUT2D eigenvalue weighted by Gasteiger charge is -2.23. The summed E-state index contributed by atoms with van der Waals surface area (Å²) in [6.45, 7) is 3.47. The summed E-state index contributed by atoms with van der Waals surface area (Å²) >= 11 is 3.37. The van der Waals surface area contributed by atoms with Crippen LogP contribution in [0.5, 0.6) is 0 Å².